The lowest BCUT2D eigenvalue weighted by atomic mass is 10.3. The van der Waals surface area contributed by atoms with Crippen LogP contribution in [0, 0.1) is 0 Å². The molecule has 0 heterocycles. The van der Waals surface area contributed by atoms with Crippen LogP contribution in [-0.2, 0) is 0 Å². The summed E-state index contributed by atoms with van der Waals surface area (Å²) in [4.78, 5) is 1.77. The minimum absolute atomic E-state index is 0.325. The summed E-state index contributed by atoms with van der Waals surface area (Å²) in [6, 6.07) is 0. The molecule has 0 aromatic heterocycles. The van der Waals surface area contributed by atoms with Crippen molar-refractivity contribution in [2.45, 2.75) is 19.1 Å². The zero-order chi connectivity index (χ0) is 7.28. The highest BCUT2D eigenvalue weighted by atomic mass is 16.3. The lowest BCUT2D eigenvalue weighted by molar-refractivity contribution is 0.0324. The Balaban J connectivity index is 3.16. The Kier molecular flexibility index (Phi) is 4.67. The van der Waals surface area contributed by atoms with Crippen molar-refractivity contribution in [2.75, 3.05) is 20.6 Å². The molecule has 9 heavy (non-hydrogen) atoms. The van der Waals surface area contributed by atoms with E-state index in [0.29, 0.717) is 6.54 Å². The fourth-order valence-corrected chi connectivity index (χ4v) is 0.559. The molecule has 0 bridgehead atoms. The maximum atomic E-state index is 9.13. The molecule has 0 fully saturated rings. The summed E-state index contributed by atoms with van der Waals surface area (Å²) in [7, 11) is 3.70. The van der Waals surface area contributed by atoms with Crippen molar-refractivity contribution in [2.24, 2.45) is 5.73 Å². The van der Waals surface area contributed by atoms with E-state index < -0.39 is 0 Å². The molecule has 1 atom stereocenters. The zero-order valence-corrected chi connectivity index (χ0v) is 6.17. The van der Waals surface area contributed by atoms with Gasteiger partial charge in [-0.1, -0.05) is 0 Å². The van der Waals surface area contributed by atoms with Gasteiger partial charge < -0.3 is 10.8 Å². The first-order valence-electron chi connectivity index (χ1n) is 3.23. The van der Waals surface area contributed by atoms with Crippen molar-refractivity contribution in [3.8, 4) is 0 Å². The number of hydrogen-bond acceptors (Lipinski definition) is 3. The van der Waals surface area contributed by atoms with Crippen LogP contribution in [0.4, 0.5) is 0 Å². The van der Waals surface area contributed by atoms with Crippen molar-refractivity contribution in [3.05, 3.63) is 0 Å². The summed E-state index contributed by atoms with van der Waals surface area (Å²) in [5.41, 5.74) is 5.25. The van der Waals surface area contributed by atoms with Gasteiger partial charge in [0.05, 0.1) is 0 Å². The fraction of sp³-hybridized carbons (Fsp3) is 1.00. The highest BCUT2D eigenvalue weighted by Gasteiger charge is 2.03. The van der Waals surface area contributed by atoms with Crippen LogP contribution in [-0.4, -0.2) is 36.9 Å². The molecule has 0 radical (unpaired) electrons. The topological polar surface area (TPSA) is 49.5 Å². The zero-order valence-electron chi connectivity index (χ0n) is 6.17. The lowest BCUT2D eigenvalue weighted by Gasteiger charge is -2.17. The van der Waals surface area contributed by atoms with Crippen LogP contribution in [0.5, 0.6) is 0 Å². The molecule has 0 amide bonds. The van der Waals surface area contributed by atoms with E-state index in [4.69, 9.17) is 10.8 Å². The van der Waals surface area contributed by atoms with Gasteiger partial charge in [-0.3, -0.25) is 4.90 Å². The highest BCUT2D eigenvalue weighted by Crippen LogP contribution is 1.96. The van der Waals surface area contributed by atoms with Crippen molar-refractivity contribution in [1.82, 2.24) is 4.90 Å². The second kappa shape index (κ2) is 4.73. The Morgan fingerprint density at radius 2 is 2.11 bits per heavy atom. The summed E-state index contributed by atoms with van der Waals surface area (Å²) in [5.74, 6) is 0. The molecular weight excluding hydrogens is 116 g/mol. The number of nitrogens with two attached hydrogens (primary N) is 1. The van der Waals surface area contributed by atoms with E-state index in [0.717, 1.165) is 12.8 Å². The maximum absolute atomic E-state index is 9.13. The number of nitrogens with zero attached hydrogens (tertiary/aromatic N) is 1. The molecule has 0 saturated carbocycles. The standard InChI is InChI=1S/C6H16N2O/c1-8(2)6(9)4-3-5-7/h6,9H,3-5,7H2,1-2H3. The van der Waals surface area contributed by atoms with E-state index in [1.54, 1.807) is 4.90 Å². The molecule has 3 N–H and O–H groups in total. The van der Waals surface area contributed by atoms with Crippen LogP contribution in [0.15, 0.2) is 0 Å². The minimum atomic E-state index is -0.325. The Morgan fingerprint density at radius 3 is 2.44 bits per heavy atom. The van der Waals surface area contributed by atoms with E-state index in [1.165, 1.54) is 0 Å². The Labute approximate surface area is 56.5 Å². The molecule has 0 aromatic carbocycles. The van der Waals surface area contributed by atoms with Gasteiger partial charge >= 0.3 is 0 Å². The lowest BCUT2D eigenvalue weighted by Crippen LogP contribution is -2.27. The molecular formula is C6H16N2O. The molecule has 3 nitrogen and oxygen atoms in total. The SMILES string of the molecule is CN(C)C(O)CCCN. The van der Waals surface area contributed by atoms with Crippen LogP contribution in [0.25, 0.3) is 0 Å². The summed E-state index contributed by atoms with van der Waals surface area (Å²) >= 11 is 0. The molecule has 0 aromatic rings. The molecule has 0 saturated heterocycles. The molecule has 0 rings (SSSR count). The predicted octanol–water partition coefficient (Wildman–Crippen LogP) is -0.395. The van der Waals surface area contributed by atoms with Gasteiger partial charge in [-0.15, -0.1) is 0 Å². The second-order valence-electron chi connectivity index (χ2n) is 2.38. The van der Waals surface area contributed by atoms with E-state index in [2.05, 4.69) is 0 Å². The van der Waals surface area contributed by atoms with Crippen molar-refractivity contribution < 1.29 is 5.11 Å². The van der Waals surface area contributed by atoms with Crippen LogP contribution in [0.2, 0.25) is 0 Å². The number of rotatable bonds is 4. The fourth-order valence-electron chi connectivity index (χ4n) is 0.559. The van der Waals surface area contributed by atoms with E-state index in [1.807, 2.05) is 14.1 Å². The molecule has 3 heteroatoms. The minimum Gasteiger partial charge on any atom is -0.378 e. The number of aliphatic hydroxyl groups excluding tert-OH is 1. The van der Waals surface area contributed by atoms with Gasteiger partial charge in [0.1, 0.15) is 6.23 Å². The third kappa shape index (κ3) is 4.39. The van der Waals surface area contributed by atoms with Crippen LogP contribution < -0.4 is 5.73 Å². The van der Waals surface area contributed by atoms with Gasteiger partial charge in [0.2, 0.25) is 0 Å². The Hall–Kier alpha value is -0.120. The van der Waals surface area contributed by atoms with E-state index >= 15 is 0 Å². The average molecular weight is 132 g/mol. The van der Waals surface area contributed by atoms with Gasteiger partial charge in [0, 0.05) is 0 Å². The molecule has 1 unspecified atom stereocenters. The summed E-state index contributed by atoms with van der Waals surface area (Å²) in [5, 5.41) is 9.13. The summed E-state index contributed by atoms with van der Waals surface area (Å²) in [6.45, 7) is 0.658. The van der Waals surface area contributed by atoms with Gasteiger partial charge in [-0.05, 0) is 33.5 Å². The highest BCUT2D eigenvalue weighted by molar-refractivity contribution is 4.51. The third-order valence-electron chi connectivity index (χ3n) is 1.26. The van der Waals surface area contributed by atoms with Gasteiger partial charge in [0.25, 0.3) is 0 Å². The monoisotopic (exact) mass is 132 g/mol. The largest absolute Gasteiger partial charge is 0.378 e. The maximum Gasteiger partial charge on any atom is 0.106 e. The molecule has 0 aliphatic rings. The quantitative estimate of drug-likeness (QED) is 0.512. The van der Waals surface area contributed by atoms with Crippen LogP contribution >= 0.6 is 0 Å². The van der Waals surface area contributed by atoms with Gasteiger partial charge in [0.15, 0.2) is 0 Å². The van der Waals surface area contributed by atoms with E-state index in [-0.39, 0.29) is 6.23 Å². The number of hydrogen-bond donors (Lipinski definition) is 2. The Morgan fingerprint density at radius 1 is 1.56 bits per heavy atom. The number of aliphatic hydroxyl groups is 1. The van der Waals surface area contributed by atoms with Crippen molar-refractivity contribution in [3.63, 3.8) is 0 Å². The third-order valence-corrected chi connectivity index (χ3v) is 1.26. The Bertz CT molecular complexity index is 66.1. The molecule has 56 valence electrons. The normalized spacial score (nSPS) is 14.3. The van der Waals surface area contributed by atoms with Crippen LogP contribution in [0.1, 0.15) is 12.8 Å². The van der Waals surface area contributed by atoms with Crippen LogP contribution in [0.3, 0.4) is 0 Å². The predicted molar refractivity (Wildman–Crippen MR) is 38.0 cm³/mol. The van der Waals surface area contributed by atoms with Crippen molar-refractivity contribution >= 4 is 0 Å². The van der Waals surface area contributed by atoms with Gasteiger partial charge in [-0.25, -0.2) is 0 Å². The smallest absolute Gasteiger partial charge is 0.106 e. The molecule has 0 aliphatic carbocycles. The first kappa shape index (κ1) is 8.88. The first-order chi connectivity index (χ1) is 4.18. The summed E-state index contributed by atoms with van der Waals surface area (Å²) in [6.07, 6.45) is 1.33. The average Bonchev–Trinajstić information content (AvgIpc) is 1.82. The molecule has 0 aliphatic heterocycles. The second-order valence-corrected chi connectivity index (χ2v) is 2.38. The van der Waals surface area contributed by atoms with E-state index in [9.17, 15) is 0 Å². The van der Waals surface area contributed by atoms with Gasteiger partial charge in [-0.2, -0.15) is 0 Å². The first-order valence-corrected chi connectivity index (χ1v) is 3.23. The molecule has 0 spiro atoms. The van der Waals surface area contributed by atoms with Crippen molar-refractivity contribution in [1.29, 1.82) is 0 Å². The summed E-state index contributed by atoms with van der Waals surface area (Å²) < 4.78 is 0.